The average molecular weight is 646 g/mol. The van der Waals surface area contributed by atoms with E-state index in [9.17, 15) is 34.2 Å². The number of aliphatic carboxylic acids is 3. The lowest BCUT2D eigenvalue weighted by Crippen LogP contribution is -2.56. The fourth-order valence-electron chi connectivity index (χ4n) is 4.54. The highest BCUT2D eigenvalue weighted by atomic mass is 32.2. The van der Waals surface area contributed by atoms with Gasteiger partial charge in [0.15, 0.2) is 0 Å². The molecule has 13 nitrogen and oxygen atoms in total. The third kappa shape index (κ3) is 12.8. The van der Waals surface area contributed by atoms with Gasteiger partial charge in [-0.15, -0.1) is 0 Å². The first-order valence-electron chi connectivity index (χ1n) is 14.6. The van der Waals surface area contributed by atoms with Gasteiger partial charge in [0, 0.05) is 26.2 Å². The van der Waals surface area contributed by atoms with Crippen molar-refractivity contribution in [2.75, 3.05) is 12.0 Å². The Balaban J connectivity index is 2.14. The molecule has 246 valence electrons. The summed E-state index contributed by atoms with van der Waals surface area (Å²) in [5, 5.41) is 36.4. The molecule has 0 saturated heterocycles. The number of benzene rings is 1. The average Bonchev–Trinajstić information content (AvgIpc) is 3.32. The molecular weight excluding hydrogens is 602 g/mol. The first-order valence-corrected chi connectivity index (χ1v) is 15.9. The Hall–Kier alpha value is -4.17. The summed E-state index contributed by atoms with van der Waals surface area (Å²) in [6.45, 7) is 3.92. The topological polar surface area (TPSA) is 200 Å². The van der Waals surface area contributed by atoms with E-state index in [1.807, 2.05) is 50.4 Å². The number of aromatic nitrogens is 2. The van der Waals surface area contributed by atoms with Gasteiger partial charge >= 0.3 is 17.9 Å². The van der Waals surface area contributed by atoms with Crippen molar-refractivity contribution >= 4 is 47.6 Å². The Labute approximate surface area is 266 Å². The number of carboxylic acids is 3. The third-order valence-corrected chi connectivity index (χ3v) is 7.66. The molecule has 0 saturated carbocycles. The van der Waals surface area contributed by atoms with Crippen molar-refractivity contribution in [2.45, 2.75) is 64.2 Å². The van der Waals surface area contributed by atoms with Gasteiger partial charge in [-0.05, 0) is 42.4 Å². The van der Waals surface area contributed by atoms with Gasteiger partial charge in [-0.25, -0.2) is 9.78 Å². The van der Waals surface area contributed by atoms with Crippen molar-refractivity contribution < 1.29 is 39.3 Å². The highest BCUT2D eigenvalue weighted by molar-refractivity contribution is 7.98. The largest absolute Gasteiger partial charge is 0.481 e. The fraction of sp³-hybridized carbons (Fsp3) is 0.484. The number of hydrogen-bond donors (Lipinski definition) is 6. The Morgan fingerprint density at radius 2 is 1.64 bits per heavy atom. The maximum absolute atomic E-state index is 13.5. The van der Waals surface area contributed by atoms with Crippen LogP contribution in [0.2, 0.25) is 0 Å². The van der Waals surface area contributed by atoms with Gasteiger partial charge in [0.2, 0.25) is 11.8 Å². The molecule has 0 aliphatic rings. The zero-order valence-electron chi connectivity index (χ0n) is 25.9. The zero-order valence-corrected chi connectivity index (χ0v) is 26.8. The van der Waals surface area contributed by atoms with Crippen molar-refractivity contribution in [2.24, 2.45) is 18.9 Å². The minimum Gasteiger partial charge on any atom is -0.481 e. The zero-order chi connectivity index (χ0) is 33.5. The molecule has 4 atom stereocenters. The molecule has 0 unspecified atom stereocenters. The Morgan fingerprint density at radius 3 is 2.22 bits per heavy atom. The van der Waals surface area contributed by atoms with Crippen LogP contribution < -0.4 is 16.0 Å². The smallest absolute Gasteiger partial charge is 0.326 e. The lowest BCUT2D eigenvalue weighted by atomic mass is 10.0. The number of thioether (sulfide) groups is 1. The Morgan fingerprint density at radius 1 is 0.978 bits per heavy atom. The van der Waals surface area contributed by atoms with Crippen LogP contribution in [0.5, 0.6) is 0 Å². The normalized spacial score (nSPS) is 14.1. The molecule has 1 aromatic carbocycles. The molecule has 45 heavy (non-hydrogen) atoms. The number of carboxylic acid groups (broad SMARTS) is 3. The minimum absolute atomic E-state index is 0.0280. The number of carbonyl (C=O) groups excluding carboxylic acids is 2. The van der Waals surface area contributed by atoms with Crippen molar-refractivity contribution in [1.82, 2.24) is 25.5 Å². The first-order chi connectivity index (χ1) is 21.3. The molecule has 14 heteroatoms. The molecule has 2 rings (SSSR count). The molecule has 0 aliphatic heterocycles. The summed E-state index contributed by atoms with van der Waals surface area (Å²) >= 11 is 1.47. The highest BCUT2D eigenvalue weighted by Gasteiger charge is 2.30. The van der Waals surface area contributed by atoms with Crippen LogP contribution in [0.25, 0.3) is 6.08 Å². The van der Waals surface area contributed by atoms with E-state index in [0.717, 1.165) is 5.56 Å². The Kier molecular flexibility index (Phi) is 15.3. The van der Waals surface area contributed by atoms with Crippen LogP contribution >= 0.6 is 11.8 Å². The van der Waals surface area contributed by atoms with Crippen LogP contribution in [0, 0.1) is 11.8 Å². The lowest BCUT2D eigenvalue weighted by molar-refractivity contribution is -0.148. The number of aryl methyl sites for hydroxylation is 1. The minimum atomic E-state index is -1.19. The van der Waals surface area contributed by atoms with Crippen LogP contribution in [0.3, 0.4) is 0 Å². The van der Waals surface area contributed by atoms with Crippen LogP contribution in [0.15, 0.2) is 42.6 Å². The van der Waals surface area contributed by atoms with Crippen molar-refractivity contribution in [3.63, 3.8) is 0 Å². The first kappa shape index (κ1) is 37.0. The number of nitrogens with zero attached hydrogens (tertiary/aromatic N) is 2. The van der Waals surface area contributed by atoms with Crippen molar-refractivity contribution in [3.05, 3.63) is 59.7 Å². The second-order valence-electron chi connectivity index (χ2n) is 11.0. The molecule has 6 N–H and O–H groups in total. The lowest BCUT2D eigenvalue weighted by Gasteiger charge is -2.26. The van der Waals surface area contributed by atoms with E-state index in [1.54, 1.807) is 30.0 Å². The van der Waals surface area contributed by atoms with E-state index in [0.29, 0.717) is 17.3 Å². The number of rotatable bonds is 20. The van der Waals surface area contributed by atoms with E-state index < -0.39 is 60.2 Å². The summed E-state index contributed by atoms with van der Waals surface area (Å²) in [6, 6.07) is 6.32. The van der Waals surface area contributed by atoms with Crippen LogP contribution in [-0.2, 0) is 44.0 Å². The van der Waals surface area contributed by atoms with Crippen molar-refractivity contribution in [1.29, 1.82) is 0 Å². The Bertz CT molecular complexity index is 1330. The van der Waals surface area contributed by atoms with Crippen LogP contribution in [0.4, 0.5) is 0 Å². The summed E-state index contributed by atoms with van der Waals surface area (Å²) in [5.41, 5.74) is 1.40. The standard InChI is InChI=1S/C31H43N5O8S/c1-19(2)27(32-17-22-18-36(3)25(33-22)12-8-11-21(30(41)42)16-26(37)38)29(40)35-24(15-20-9-6-5-7-10-20)28(39)34-23(31(43)44)13-14-45-4/h5-10,12,18-19,21,23-24,27,32H,11,13-17H2,1-4H3,(H,34,39)(H,35,40)(H,37,38)(H,41,42)(H,43,44)/b12-8+/t21-,23-,24-,27-/m0/s1. The fourth-order valence-corrected chi connectivity index (χ4v) is 5.01. The quantitative estimate of drug-likeness (QED) is 0.123. The monoisotopic (exact) mass is 645 g/mol. The van der Waals surface area contributed by atoms with Gasteiger partial charge in [-0.2, -0.15) is 11.8 Å². The second-order valence-corrected chi connectivity index (χ2v) is 12.0. The highest BCUT2D eigenvalue weighted by Crippen LogP contribution is 2.13. The number of hydrogen-bond acceptors (Lipinski definition) is 8. The van der Waals surface area contributed by atoms with Gasteiger partial charge in [0.25, 0.3) is 0 Å². The van der Waals surface area contributed by atoms with Gasteiger partial charge in [0.05, 0.1) is 24.1 Å². The number of imidazole rings is 1. The summed E-state index contributed by atoms with van der Waals surface area (Å²) in [4.78, 5) is 65.3. The number of allylic oxidation sites excluding steroid dienone is 1. The van der Waals surface area contributed by atoms with Gasteiger partial charge in [-0.3, -0.25) is 24.5 Å². The van der Waals surface area contributed by atoms with E-state index in [1.165, 1.54) is 11.8 Å². The predicted molar refractivity (Wildman–Crippen MR) is 170 cm³/mol. The molecule has 2 amide bonds. The van der Waals surface area contributed by atoms with Gasteiger partial charge in [0.1, 0.15) is 17.9 Å². The van der Waals surface area contributed by atoms with Crippen LogP contribution in [0.1, 0.15) is 50.2 Å². The maximum atomic E-state index is 13.5. The summed E-state index contributed by atoms with van der Waals surface area (Å²) in [6.07, 6.45) is 6.74. The van der Waals surface area contributed by atoms with E-state index in [-0.39, 0.29) is 31.7 Å². The molecule has 0 radical (unpaired) electrons. The third-order valence-electron chi connectivity index (χ3n) is 7.01. The predicted octanol–water partition coefficient (Wildman–Crippen LogP) is 2.16. The number of nitrogens with one attached hydrogen (secondary N) is 3. The van der Waals surface area contributed by atoms with Gasteiger partial charge in [-0.1, -0.05) is 50.3 Å². The molecule has 0 fully saturated rings. The maximum Gasteiger partial charge on any atom is 0.326 e. The van der Waals surface area contributed by atoms with E-state index in [2.05, 4.69) is 20.9 Å². The number of amides is 2. The summed E-state index contributed by atoms with van der Waals surface area (Å²) in [5.74, 6) is -4.69. The molecule has 0 aliphatic carbocycles. The molecule has 0 spiro atoms. The second kappa shape index (κ2) is 18.6. The molecule has 1 heterocycles. The van der Waals surface area contributed by atoms with E-state index in [4.69, 9.17) is 5.11 Å². The summed E-state index contributed by atoms with van der Waals surface area (Å²) in [7, 11) is 1.76. The van der Waals surface area contributed by atoms with Gasteiger partial charge < -0.3 is 30.5 Å². The van der Waals surface area contributed by atoms with Crippen molar-refractivity contribution in [3.8, 4) is 0 Å². The number of carbonyl (C=O) groups is 5. The molecule has 2 aromatic rings. The molecular formula is C31H43N5O8S. The molecule has 0 bridgehead atoms. The van der Waals surface area contributed by atoms with E-state index >= 15 is 0 Å². The molecule has 1 aromatic heterocycles. The van der Waals surface area contributed by atoms with Crippen LogP contribution in [-0.4, -0.2) is 84.7 Å². The SMILES string of the molecule is CSCC[C@H](NC(=O)[C@H](Cc1ccccc1)NC(=O)[C@@H](NCc1cn(C)c(/C=C/C[C@@H](CC(=O)O)C(=O)O)n1)C(C)C)C(=O)O. The summed E-state index contributed by atoms with van der Waals surface area (Å²) < 4.78 is 1.72.